The predicted molar refractivity (Wildman–Crippen MR) is 114 cm³/mol. The largest absolute Gasteiger partial charge is 0.496 e. The average molecular weight is 398 g/mol. The molecule has 1 N–H and O–H groups in total. The maximum absolute atomic E-state index is 13.1. The van der Waals surface area contributed by atoms with Crippen molar-refractivity contribution in [1.29, 1.82) is 0 Å². The number of carbonyl (C=O) groups excluding carboxylic acids is 1. The van der Waals surface area contributed by atoms with Gasteiger partial charge in [-0.2, -0.15) is 0 Å². The number of terminal acetylenes is 1. The average Bonchev–Trinajstić information content (AvgIpc) is 3.13. The van der Waals surface area contributed by atoms with Gasteiger partial charge in [-0.3, -0.25) is 4.79 Å². The summed E-state index contributed by atoms with van der Waals surface area (Å²) < 4.78 is 7.12. The molecule has 2 aromatic rings. The van der Waals surface area contributed by atoms with Crippen molar-refractivity contribution in [3.05, 3.63) is 17.7 Å². The number of ether oxygens (including phenoxy) is 1. The normalized spacial score (nSPS) is 18.9. The van der Waals surface area contributed by atoms with Crippen molar-refractivity contribution in [2.45, 2.75) is 58.0 Å². The van der Waals surface area contributed by atoms with Gasteiger partial charge in [-0.05, 0) is 32.0 Å². The lowest BCUT2D eigenvalue weighted by atomic mass is 10.0. The number of likely N-dealkylation sites (N-methyl/N-ethyl adjacent to an activating group) is 1. The Morgan fingerprint density at radius 1 is 1.31 bits per heavy atom. The fraction of sp³-hybridized carbons (Fsp3) is 0.591. The van der Waals surface area contributed by atoms with E-state index >= 15 is 0 Å². The van der Waals surface area contributed by atoms with Gasteiger partial charge in [0.05, 0.1) is 18.2 Å². The van der Waals surface area contributed by atoms with Crippen LogP contribution in [0.5, 0.6) is 5.75 Å². The number of carbonyl (C=O) groups is 1. The summed E-state index contributed by atoms with van der Waals surface area (Å²) in [4.78, 5) is 15.6. The zero-order chi connectivity index (χ0) is 20.6. The van der Waals surface area contributed by atoms with Crippen LogP contribution in [0.1, 0.15) is 55.8 Å². The van der Waals surface area contributed by atoms with Crippen molar-refractivity contribution in [2.24, 2.45) is 0 Å². The molecule has 29 heavy (non-hydrogen) atoms. The Hall–Kier alpha value is -2.59. The second kappa shape index (κ2) is 10.3. The standard InChI is InChI=1S/C22H31N5O2/c1-4-12-27-20-15-21(29-3)18(14-19(20)24-25-27)22(28)23-17-11-9-7-6-8-10-13-26(5-2)16-17/h1,14-15,17H,5-13,16H2,2-3H3,(H,23,28). The molecule has 1 aliphatic heterocycles. The molecule has 1 aromatic carbocycles. The van der Waals surface area contributed by atoms with Gasteiger partial charge < -0.3 is 15.0 Å². The van der Waals surface area contributed by atoms with Crippen molar-refractivity contribution in [1.82, 2.24) is 25.2 Å². The number of benzene rings is 1. The number of nitrogens with zero attached hydrogens (tertiary/aromatic N) is 4. The maximum atomic E-state index is 13.1. The molecule has 1 unspecified atom stereocenters. The van der Waals surface area contributed by atoms with Crippen LogP contribution < -0.4 is 10.1 Å². The third-order valence-corrected chi connectivity index (χ3v) is 5.61. The van der Waals surface area contributed by atoms with Gasteiger partial charge in [0.15, 0.2) is 0 Å². The molecular weight excluding hydrogens is 366 g/mol. The number of aromatic nitrogens is 3. The first kappa shape index (κ1) is 21.1. The second-order valence-electron chi connectivity index (χ2n) is 7.61. The lowest BCUT2D eigenvalue weighted by Gasteiger charge is -2.28. The highest BCUT2D eigenvalue weighted by molar-refractivity contribution is 6.00. The summed E-state index contributed by atoms with van der Waals surface area (Å²) in [5.41, 5.74) is 1.87. The van der Waals surface area contributed by atoms with E-state index in [-0.39, 0.29) is 11.9 Å². The minimum atomic E-state index is -0.131. The van der Waals surface area contributed by atoms with E-state index in [1.54, 1.807) is 23.9 Å². The fourth-order valence-corrected chi connectivity index (χ4v) is 3.96. The van der Waals surface area contributed by atoms with E-state index in [2.05, 4.69) is 33.4 Å². The van der Waals surface area contributed by atoms with Crippen LogP contribution in [-0.4, -0.2) is 58.6 Å². The Kier molecular flexibility index (Phi) is 7.48. The maximum Gasteiger partial charge on any atom is 0.255 e. The molecule has 1 fully saturated rings. The van der Waals surface area contributed by atoms with Crippen LogP contribution in [0.3, 0.4) is 0 Å². The monoisotopic (exact) mass is 397 g/mol. The van der Waals surface area contributed by atoms with Gasteiger partial charge in [-0.25, -0.2) is 4.68 Å². The van der Waals surface area contributed by atoms with E-state index in [1.165, 1.54) is 25.7 Å². The summed E-state index contributed by atoms with van der Waals surface area (Å²) in [7, 11) is 1.57. The Labute approximate surface area is 172 Å². The molecule has 1 aromatic heterocycles. The van der Waals surface area contributed by atoms with Crippen molar-refractivity contribution >= 4 is 16.9 Å². The van der Waals surface area contributed by atoms with Gasteiger partial charge in [0.1, 0.15) is 17.8 Å². The third-order valence-electron chi connectivity index (χ3n) is 5.61. The number of rotatable bonds is 5. The topological polar surface area (TPSA) is 72.3 Å². The Morgan fingerprint density at radius 2 is 2.10 bits per heavy atom. The van der Waals surface area contributed by atoms with Gasteiger partial charge in [-0.1, -0.05) is 43.7 Å². The highest BCUT2D eigenvalue weighted by Crippen LogP contribution is 2.25. The minimum absolute atomic E-state index is 0.123. The summed E-state index contributed by atoms with van der Waals surface area (Å²) in [5.74, 6) is 2.93. The molecule has 3 rings (SSSR count). The van der Waals surface area contributed by atoms with Gasteiger partial charge in [0, 0.05) is 18.7 Å². The SMILES string of the molecule is C#CCn1nnc2cc(C(=O)NC3CCCCCCCN(CC)C3)c(OC)cc21. The molecular formula is C22H31N5O2. The van der Waals surface area contributed by atoms with E-state index < -0.39 is 0 Å². The van der Waals surface area contributed by atoms with Crippen molar-refractivity contribution < 1.29 is 9.53 Å². The number of nitrogens with one attached hydrogen (secondary N) is 1. The van der Waals surface area contributed by atoms with Crippen LogP contribution in [0.25, 0.3) is 11.0 Å². The van der Waals surface area contributed by atoms with Crippen LogP contribution >= 0.6 is 0 Å². The summed E-state index contributed by atoms with van der Waals surface area (Å²) in [6.07, 6.45) is 12.5. The van der Waals surface area contributed by atoms with Gasteiger partial charge in [-0.15, -0.1) is 11.5 Å². The smallest absolute Gasteiger partial charge is 0.255 e. The van der Waals surface area contributed by atoms with Gasteiger partial charge in [0.25, 0.3) is 5.91 Å². The molecule has 1 atom stereocenters. The zero-order valence-electron chi connectivity index (χ0n) is 17.5. The summed E-state index contributed by atoms with van der Waals surface area (Å²) >= 11 is 0. The number of fused-ring (bicyclic) bond motifs is 1. The number of methoxy groups -OCH3 is 1. The van der Waals surface area contributed by atoms with Crippen LogP contribution in [0.2, 0.25) is 0 Å². The van der Waals surface area contributed by atoms with Crippen molar-refractivity contribution in [3.63, 3.8) is 0 Å². The molecule has 1 saturated heterocycles. The fourth-order valence-electron chi connectivity index (χ4n) is 3.96. The first-order valence-electron chi connectivity index (χ1n) is 10.5. The highest BCUT2D eigenvalue weighted by Gasteiger charge is 2.21. The molecule has 0 spiro atoms. The van der Waals surface area contributed by atoms with Crippen molar-refractivity contribution in [2.75, 3.05) is 26.7 Å². The van der Waals surface area contributed by atoms with E-state index in [9.17, 15) is 4.79 Å². The first-order chi connectivity index (χ1) is 14.2. The highest BCUT2D eigenvalue weighted by atomic mass is 16.5. The third kappa shape index (κ3) is 5.27. The van der Waals surface area contributed by atoms with Crippen molar-refractivity contribution in [3.8, 4) is 18.1 Å². The molecule has 7 heteroatoms. The molecule has 1 amide bonds. The van der Waals surface area contributed by atoms with Crippen LogP contribution in [0, 0.1) is 12.3 Å². The quantitative estimate of drug-likeness (QED) is 0.786. The lowest BCUT2D eigenvalue weighted by molar-refractivity contribution is 0.0917. The molecule has 2 heterocycles. The Bertz CT molecular complexity index is 870. The molecule has 1 aliphatic rings. The van der Waals surface area contributed by atoms with E-state index in [1.807, 2.05) is 0 Å². The summed E-state index contributed by atoms with van der Waals surface area (Å²) in [6, 6.07) is 3.65. The van der Waals surface area contributed by atoms with Crippen LogP contribution in [0.4, 0.5) is 0 Å². The molecule has 0 radical (unpaired) electrons. The first-order valence-corrected chi connectivity index (χ1v) is 10.5. The number of amides is 1. The van der Waals surface area contributed by atoms with Crippen LogP contribution in [-0.2, 0) is 6.54 Å². The number of hydrogen-bond donors (Lipinski definition) is 1. The molecule has 0 saturated carbocycles. The summed E-state index contributed by atoms with van der Waals surface area (Å²) in [6.45, 7) is 5.47. The Morgan fingerprint density at radius 3 is 2.86 bits per heavy atom. The van der Waals surface area contributed by atoms with Gasteiger partial charge in [0.2, 0.25) is 0 Å². The zero-order valence-corrected chi connectivity index (χ0v) is 17.5. The Balaban J connectivity index is 1.80. The van der Waals surface area contributed by atoms with E-state index in [0.717, 1.165) is 38.0 Å². The second-order valence-corrected chi connectivity index (χ2v) is 7.61. The van der Waals surface area contributed by atoms with Crippen LogP contribution in [0.15, 0.2) is 12.1 Å². The molecule has 156 valence electrons. The number of hydrogen-bond acceptors (Lipinski definition) is 5. The summed E-state index contributed by atoms with van der Waals surface area (Å²) in [5, 5.41) is 11.5. The minimum Gasteiger partial charge on any atom is -0.496 e. The molecule has 7 nitrogen and oxygen atoms in total. The predicted octanol–water partition coefficient (Wildman–Crippen LogP) is 2.85. The van der Waals surface area contributed by atoms with E-state index in [0.29, 0.717) is 23.4 Å². The lowest BCUT2D eigenvalue weighted by Crippen LogP contribution is -2.44. The molecule has 0 bridgehead atoms. The molecule has 0 aliphatic carbocycles. The van der Waals surface area contributed by atoms with Gasteiger partial charge >= 0.3 is 0 Å². The van der Waals surface area contributed by atoms with E-state index in [4.69, 9.17) is 11.2 Å².